The van der Waals surface area contributed by atoms with Crippen LogP contribution < -0.4 is 5.32 Å². The first-order chi connectivity index (χ1) is 23.2. The van der Waals surface area contributed by atoms with Gasteiger partial charge in [-0.3, -0.25) is 14.4 Å². The number of ketones is 1. The maximum absolute atomic E-state index is 14.4. The summed E-state index contributed by atoms with van der Waals surface area (Å²) in [5.41, 5.74) is 0.950. The molecule has 48 heavy (non-hydrogen) atoms. The van der Waals surface area contributed by atoms with Gasteiger partial charge < -0.3 is 29.0 Å². The quantitative estimate of drug-likeness (QED) is 0.325. The lowest BCUT2D eigenvalue weighted by molar-refractivity contribution is -0.281. The zero-order valence-corrected chi connectivity index (χ0v) is 28.8. The number of nitrogens with one attached hydrogen (secondary N) is 1. The molecule has 1 aromatic rings. The van der Waals surface area contributed by atoms with E-state index in [0.29, 0.717) is 43.6 Å². The van der Waals surface area contributed by atoms with Gasteiger partial charge in [0.15, 0.2) is 12.1 Å². The van der Waals surface area contributed by atoms with Gasteiger partial charge in [-0.1, -0.05) is 32.1 Å². The highest BCUT2D eigenvalue weighted by atomic mass is 16.7. The summed E-state index contributed by atoms with van der Waals surface area (Å²) in [4.78, 5) is 49.0. The summed E-state index contributed by atoms with van der Waals surface area (Å²) in [6.07, 6.45) is 13.7. The standard InChI is InChI=1S/C37H51N3O8/c1-6-23-8-7-9-30(40-36(43)31-12-13-38-19-39-31)20(2)35(42)29-16-27-25(28(29)17-34(41)47-23)11-10-22-14-24(15-26(22)27)48-37-33(45-5)18-32(44-4)21(3)46-37/h10-13,16,19-28,30,32-33,37H,6-9,14-15,17-18H2,1-5H3,(H,40,43)/t20-,21?,22-,23+,24-,25-,26-,27-,28+,30+,32?,33?,37?/m1/s1. The molecule has 11 nitrogen and oxygen atoms in total. The number of fused-ring (bicyclic) bond motifs is 5. The number of carbonyl (C=O) groups is 3. The third-order valence-electron chi connectivity index (χ3n) is 11.6. The topological polar surface area (TPSA) is 135 Å². The van der Waals surface area contributed by atoms with Crippen LogP contribution in [0.2, 0.25) is 0 Å². The average Bonchev–Trinajstić information content (AvgIpc) is 3.67. The first-order valence-corrected chi connectivity index (χ1v) is 17.8. The fourth-order valence-corrected chi connectivity index (χ4v) is 8.81. The van der Waals surface area contributed by atoms with E-state index in [4.69, 9.17) is 23.7 Å². The average molecular weight is 666 g/mol. The normalized spacial score (nSPS) is 40.0. The van der Waals surface area contributed by atoms with Crippen molar-refractivity contribution in [3.63, 3.8) is 0 Å². The highest BCUT2D eigenvalue weighted by molar-refractivity contribution is 6.00. The van der Waals surface area contributed by atoms with E-state index in [-0.39, 0.29) is 84.0 Å². The molecular formula is C37H51N3O8. The zero-order chi connectivity index (χ0) is 33.9. The number of cyclic esters (lactones) is 1. The lowest BCUT2D eigenvalue weighted by atomic mass is 9.70. The van der Waals surface area contributed by atoms with E-state index >= 15 is 0 Å². The van der Waals surface area contributed by atoms with Gasteiger partial charge in [-0.25, -0.2) is 9.97 Å². The molecule has 3 heterocycles. The van der Waals surface area contributed by atoms with Gasteiger partial charge in [0.2, 0.25) is 0 Å². The number of allylic oxidation sites excluding steroid dienone is 4. The summed E-state index contributed by atoms with van der Waals surface area (Å²) in [7, 11) is 3.37. The van der Waals surface area contributed by atoms with Crippen molar-refractivity contribution >= 4 is 17.7 Å². The monoisotopic (exact) mass is 665 g/mol. The molecule has 1 aromatic heterocycles. The van der Waals surface area contributed by atoms with Crippen molar-refractivity contribution in [1.29, 1.82) is 0 Å². The van der Waals surface area contributed by atoms with Gasteiger partial charge in [-0.2, -0.15) is 0 Å². The number of esters is 1. The number of amides is 1. The minimum absolute atomic E-state index is 0.0147. The molecule has 13 atom stereocenters. The molecule has 0 radical (unpaired) electrons. The molecule has 1 N–H and O–H groups in total. The predicted molar refractivity (Wildman–Crippen MR) is 175 cm³/mol. The predicted octanol–water partition coefficient (Wildman–Crippen LogP) is 4.61. The smallest absolute Gasteiger partial charge is 0.306 e. The zero-order valence-electron chi connectivity index (χ0n) is 28.8. The fraction of sp³-hybridized carbons (Fsp3) is 0.703. The van der Waals surface area contributed by atoms with Crippen LogP contribution in [-0.2, 0) is 33.3 Å². The van der Waals surface area contributed by atoms with Crippen LogP contribution in [0.5, 0.6) is 0 Å². The number of hydrogen-bond donors (Lipinski definition) is 1. The van der Waals surface area contributed by atoms with Gasteiger partial charge in [0.25, 0.3) is 5.91 Å². The Labute approximate surface area is 283 Å². The molecule has 0 aromatic carbocycles. The summed E-state index contributed by atoms with van der Waals surface area (Å²) in [6, 6.07) is 1.17. The first-order valence-electron chi connectivity index (χ1n) is 17.8. The summed E-state index contributed by atoms with van der Waals surface area (Å²) < 4.78 is 30.1. The van der Waals surface area contributed by atoms with Gasteiger partial charge in [0, 0.05) is 44.7 Å². The first kappa shape index (κ1) is 34.9. The third-order valence-corrected chi connectivity index (χ3v) is 11.6. The molecule has 1 saturated carbocycles. The van der Waals surface area contributed by atoms with Gasteiger partial charge >= 0.3 is 5.97 Å². The molecule has 3 fully saturated rings. The number of carbonyl (C=O) groups excluding carboxylic acids is 3. The van der Waals surface area contributed by atoms with Crippen LogP contribution in [0, 0.1) is 35.5 Å². The van der Waals surface area contributed by atoms with E-state index < -0.39 is 18.2 Å². The summed E-state index contributed by atoms with van der Waals surface area (Å²) in [6.45, 7) is 5.92. The minimum Gasteiger partial charge on any atom is -0.462 e. The van der Waals surface area contributed by atoms with Gasteiger partial charge in [0.1, 0.15) is 24.2 Å². The molecule has 5 aliphatic rings. The minimum atomic E-state index is -0.480. The summed E-state index contributed by atoms with van der Waals surface area (Å²) >= 11 is 0. The molecule has 0 spiro atoms. The number of aromatic nitrogens is 2. The van der Waals surface area contributed by atoms with Crippen molar-refractivity contribution in [2.24, 2.45) is 35.5 Å². The third kappa shape index (κ3) is 7.29. The highest BCUT2D eigenvalue weighted by Gasteiger charge is 2.51. The Hall–Kier alpha value is -2.99. The Bertz CT molecular complexity index is 1370. The van der Waals surface area contributed by atoms with Crippen molar-refractivity contribution in [2.75, 3.05) is 14.2 Å². The van der Waals surface area contributed by atoms with Crippen LogP contribution in [0.4, 0.5) is 0 Å². The van der Waals surface area contributed by atoms with Crippen molar-refractivity contribution in [3.8, 4) is 0 Å². The molecule has 262 valence electrons. The van der Waals surface area contributed by atoms with Crippen molar-refractivity contribution < 1.29 is 38.1 Å². The molecule has 2 saturated heterocycles. The van der Waals surface area contributed by atoms with Crippen molar-refractivity contribution in [2.45, 2.75) is 115 Å². The van der Waals surface area contributed by atoms with E-state index in [9.17, 15) is 14.4 Å². The van der Waals surface area contributed by atoms with Crippen molar-refractivity contribution in [1.82, 2.24) is 15.3 Å². The molecule has 0 bridgehead atoms. The van der Waals surface area contributed by atoms with Gasteiger partial charge in [-0.05, 0) is 80.8 Å². The largest absolute Gasteiger partial charge is 0.462 e. The van der Waals surface area contributed by atoms with Crippen LogP contribution in [0.1, 0.15) is 82.6 Å². The number of methoxy groups -OCH3 is 2. The van der Waals surface area contributed by atoms with Crippen LogP contribution in [0.3, 0.4) is 0 Å². The van der Waals surface area contributed by atoms with E-state index in [1.807, 2.05) is 20.8 Å². The maximum atomic E-state index is 14.4. The second kappa shape index (κ2) is 15.3. The molecule has 11 heteroatoms. The second-order valence-corrected chi connectivity index (χ2v) is 14.3. The Balaban J connectivity index is 1.22. The molecule has 2 aliphatic heterocycles. The van der Waals surface area contributed by atoms with Crippen LogP contribution >= 0.6 is 0 Å². The Kier molecular flexibility index (Phi) is 11.1. The number of ether oxygens (including phenoxy) is 5. The fourth-order valence-electron chi connectivity index (χ4n) is 8.81. The van der Waals surface area contributed by atoms with E-state index in [1.54, 1.807) is 20.3 Å². The van der Waals surface area contributed by atoms with Gasteiger partial charge in [-0.15, -0.1) is 0 Å². The van der Waals surface area contributed by atoms with Crippen LogP contribution in [0.25, 0.3) is 0 Å². The van der Waals surface area contributed by atoms with E-state index in [0.717, 1.165) is 12.8 Å². The number of Topliss-reactive ketones (excluding diaryl/α,β-unsaturated/α-hetero) is 1. The number of rotatable bonds is 7. The summed E-state index contributed by atoms with van der Waals surface area (Å²) in [5.74, 6) is -0.674. The lowest BCUT2D eigenvalue weighted by Gasteiger charge is -2.39. The molecule has 1 amide bonds. The molecule has 3 aliphatic carbocycles. The summed E-state index contributed by atoms with van der Waals surface area (Å²) in [5, 5.41) is 3.11. The van der Waals surface area contributed by atoms with Gasteiger partial charge in [0.05, 0.1) is 24.7 Å². The lowest BCUT2D eigenvalue weighted by Crippen LogP contribution is -2.49. The second-order valence-electron chi connectivity index (χ2n) is 14.3. The van der Waals surface area contributed by atoms with Crippen LogP contribution in [0.15, 0.2) is 42.4 Å². The van der Waals surface area contributed by atoms with Crippen molar-refractivity contribution in [3.05, 3.63) is 48.1 Å². The van der Waals surface area contributed by atoms with E-state index in [2.05, 4.69) is 33.5 Å². The maximum Gasteiger partial charge on any atom is 0.306 e. The molecule has 4 unspecified atom stereocenters. The Morgan fingerprint density at radius 1 is 1.04 bits per heavy atom. The number of nitrogens with zero attached hydrogens (tertiary/aromatic N) is 2. The SMILES string of the molecule is CC[C@H]1CCC[C@H](NC(=O)c2ccncn2)[C@@H](C)C(=O)C2=C[C@@H]3[C@@H](C=C[C@@H]4C[C@@H](OC5OC(C)C(OC)CC5OC)C[C@@H]34)[C@@H]2CC(=O)O1. The molecular weight excluding hydrogens is 614 g/mol. The molecule has 6 rings (SSSR count). The Morgan fingerprint density at radius 2 is 1.85 bits per heavy atom. The highest BCUT2D eigenvalue weighted by Crippen LogP contribution is 2.54. The Morgan fingerprint density at radius 3 is 2.58 bits per heavy atom. The van der Waals surface area contributed by atoms with E-state index in [1.165, 1.54) is 12.5 Å². The van der Waals surface area contributed by atoms with Crippen LogP contribution in [-0.4, -0.2) is 84.7 Å². The number of hydrogen-bond acceptors (Lipinski definition) is 10.